The average molecular weight is 332 g/mol. The van der Waals surface area contributed by atoms with Crippen LogP contribution in [0.25, 0.3) is 0 Å². The minimum Gasteiger partial charge on any atom is -0.466 e. The molecule has 0 amide bonds. The van der Waals surface area contributed by atoms with E-state index in [9.17, 15) is 9.59 Å². The molecule has 5 rings (SSSR count). The Bertz CT molecular complexity index is 707. The van der Waals surface area contributed by atoms with Crippen LogP contribution >= 0.6 is 0 Å². The second kappa shape index (κ2) is 4.06. The van der Waals surface area contributed by atoms with Crippen LogP contribution in [0.1, 0.15) is 39.5 Å². The summed E-state index contributed by atoms with van der Waals surface area (Å²) in [5.74, 6) is 0.249. The van der Waals surface area contributed by atoms with E-state index in [1.807, 2.05) is 0 Å². The van der Waals surface area contributed by atoms with E-state index in [1.165, 1.54) is 33.5 Å². The van der Waals surface area contributed by atoms with Crippen molar-refractivity contribution in [2.45, 2.75) is 50.7 Å². The summed E-state index contributed by atoms with van der Waals surface area (Å²) in [5, 5.41) is 0. The van der Waals surface area contributed by atoms with Gasteiger partial charge in [0.25, 0.3) is 0 Å². The molecule has 5 heteroatoms. The molecule has 1 aliphatic heterocycles. The number of ether oxygens (including phenoxy) is 3. The molecule has 6 atom stereocenters. The lowest BCUT2D eigenvalue weighted by Gasteiger charge is -2.45. The molecule has 4 fully saturated rings. The van der Waals surface area contributed by atoms with Crippen LogP contribution in [0.2, 0.25) is 0 Å². The maximum atomic E-state index is 12.7. The van der Waals surface area contributed by atoms with E-state index >= 15 is 0 Å². The minimum absolute atomic E-state index is 0.000903. The Balaban J connectivity index is 1.73. The topological polar surface area (TPSA) is 65.1 Å². The SMILES string of the molecule is COC(=O)C1=C(C(=O)OC)[C@H]2C(C)(C)[C@H]1C[C@]13O[C@]21[C@H]1CC[C@H]3C1. The summed E-state index contributed by atoms with van der Waals surface area (Å²) in [6, 6.07) is 0. The van der Waals surface area contributed by atoms with Gasteiger partial charge in [-0.1, -0.05) is 13.8 Å². The van der Waals surface area contributed by atoms with Gasteiger partial charge in [0.05, 0.1) is 25.4 Å². The standard InChI is InChI=1S/C19H24O5/c1-17(2)11-8-18-9-5-6-10(7-9)19(18,24-18)14(17)13(16(21)23-4)12(11)15(20)22-3/h9-11,14H,5-8H2,1-4H3/t9-,10-,11-,14-,18+,19+/m0/s1. The number of methoxy groups -OCH3 is 2. The fourth-order valence-corrected chi connectivity index (χ4v) is 7.23. The number of hydrogen-bond donors (Lipinski definition) is 0. The molecule has 24 heavy (non-hydrogen) atoms. The number of fused-ring (bicyclic) bond motifs is 4. The Kier molecular flexibility index (Phi) is 2.53. The molecule has 0 aromatic rings. The van der Waals surface area contributed by atoms with E-state index in [4.69, 9.17) is 14.2 Å². The molecule has 0 N–H and O–H groups in total. The molecule has 0 aromatic heterocycles. The molecule has 0 unspecified atom stereocenters. The maximum Gasteiger partial charge on any atom is 0.334 e. The average Bonchev–Trinajstić information content (AvgIpc) is 2.83. The first-order valence-electron chi connectivity index (χ1n) is 8.96. The van der Waals surface area contributed by atoms with Crippen LogP contribution in [0.4, 0.5) is 0 Å². The van der Waals surface area contributed by atoms with Gasteiger partial charge in [-0.3, -0.25) is 0 Å². The summed E-state index contributed by atoms with van der Waals surface area (Å²) in [4.78, 5) is 25.2. The Morgan fingerprint density at radius 2 is 1.67 bits per heavy atom. The predicted octanol–water partition coefficient (Wildman–Crippen LogP) is 2.24. The van der Waals surface area contributed by atoms with Gasteiger partial charge in [-0.15, -0.1) is 0 Å². The lowest BCUT2D eigenvalue weighted by atomic mass is 9.54. The van der Waals surface area contributed by atoms with Gasteiger partial charge in [-0.2, -0.15) is 0 Å². The Labute approximate surface area is 141 Å². The van der Waals surface area contributed by atoms with Gasteiger partial charge in [0.2, 0.25) is 0 Å². The molecule has 4 bridgehead atoms. The van der Waals surface area contributed by atoms with Gasteiger partial charge in [0, 0.05) is 11.8 Å². The fourth-order valence-electron chi connectivity index (χ4n) is 7.23. The largest absolute Gasteiger partial charge is 0.466 e. The summed E-state index contributed by atoms with van der Waals surface area (Å²) >= 11 is 0. The van der Waals surface area contributed by atoms with E-state index < -0.39 is 0 Å². The third-order valence-electron chi connectivity index (χ3n) is 7.99. The van der Waals surface area contributed by atoms with Crippen molar-refractivity contribution in [1.82, 2.24) is 0 Å². The molecule has 0 radical (unpaired) electrons. The molecular formula is C19H24O5. The van der Waals surface area contributed by atoms with Gasteiger partial charge in [0.1, 0.15) is 11.2 Å². The van der Waals surface area contributed by atoms with Crippen molar-refractivity contribution in [2.75, 3.05) is 14.2 Å². The number of epoxide rings is 1. The predicted molar refractivity (Wildman–Crippen MR) is 83.8 cm³/mol. The molecule has 3 saturated carbocycles. The third kappa shape index (κ3) is 1.26. The van der Waals surface area contributed by atoms with Crippen molar-refractivity contribution in [3.05, 3.63) is 11.1 Å². The zero-order valence-electron chi connectivity index (χ0n) is 14.7. The molecule has 5 nitrogen and oxygen atoms in total. The summed E-state index contributed by atoms with van der Waals surface area (Å²) < 4.78 is 16.7. The molecule has 1 saturated heterocycles. The van der Waals surface area contributed by atoms with Crippen LogP contribution in [0.5, 0.6) is 0 Å². The minimum atomic E-state index is -0.389. The van der Waals surface area contributed by atoms with E-state index in [-0.39, 0.29) is 40.4 Å². The second-order valence-electron chi connectivity index (χ2n) is 8.81. The molecule has 4 aliphatic carbocycles. The molecular weight excluding hydrogens is 308 g/mol. The monoisotopic (exact) mass is 332 g/mol. The van der Waals surface area contributed by atoms with Crippen molar-refractivity contribution in [1.29, 1.82) is 0 Å². The van der Waals surface area contributed by atoms with Crippen LogP contribution in [-0.2, 0) is 23.8 Å². The van der Waals surface area contributed by atoms with Gasteiger partial charge in [-0.25, -0.2) is 9.59 Å². The highest BCUT2D eigenvalue weighted by Gasteiger charge is 2.90. The normalized spacial score (nSPS) is 48.8. The number of hydrogen-bond acceptors (Lipinski definition) is 5. The summed E-state index contributed by atoms with van der Waals surface area (Å²) in [5.41, 5.74) is 0.518. The van der Waals surface area contributed by atoms with E-state index in [1.54, 1.807) is 0 Å². The van der Waals surface area contributed by atoms with Crippen molar-refractivity contribution in [3.63, 3.8) is 0 Å². The molecule has 0 aromatic carbocycles. The Hall–Kier alpha value is -1.36. The summed E-state index contributed by atoms with van der Waals surface area (Å²) in [7, 11) is 2.77. The summed E-state index contributed by atoms with van der Waals surface area (Å²) in [6.45, 7) is 4.35. The van der Waals surface area contributed by atoms with Crippen LogP contribution < -0.4 is 0 Å². The highest BCUT2D eigenvalue weighted by molar-refractivity contribution is 6.03. The van der Waals surface area contributed by atoms with Crippen molar-refractivity contribution >= 4 is 11.9 Å². The van der Waals surface area contributed by atoms with Crippen molar-refractivity contribution in [3.8, 4) is 0 Å². The Morgan fingerprint density at radius 3 is 2.33 bits per heavy atom. The zero-order valence-corrected chi connectivity index (χ0v) is 14.7. The van der Waals surface area contributed by atoms with Gasteiger partial charge in [0.15, 0.2) is 0 Å². The fraction of sp³-hybridized carbons (Fsp3) is 0.789. The zero-order chi connectivity index (χ0) is 17.1. The third-order valence-corrected chi connectivity index (χ3v) is 7.99. The Morgan fingerprint density at radius 1 is 1.04 bits per heavy atom. The van der Waals surface area contributed by atoms with E-state index in [0.717, 1.165) is 6.42 Å². The first kappa shape index (κ1) is 14.9. The van der Waals surface area contributed by atoms with Crippen molar-refractivity contribution in [2.24, 2.45) is 29.1 Å². The molecule has 1 heterocycles. The van der Waals surface area contributed by atoms with Crippen LogP contribution in [0.15, 0.2) is 11.1 Å². The van der Waals surface area contributed by atoms with Crippen molar-refractivity contribution < 1.29 is 23.8 Å². The second-order valence-corrected chi connectivity index (χ2v) is 8.81. The molecule has 5 aliphatic rings. The van der Waals surface area contributed by atoms with E-state index in [0.29, 0.717) is 23.0 Å². The van der Waals surface area contributed by atoms with Gasteiger partial charge < -0.3 is 14.2 Å². The quantitative estimate of drug-likeness (QED) is 0.573. The first-order valence-corrected chi connectivity index (χ1v) is 8.96. The lowest BCUT2D eigenvalue weighted by molar-refractivity contribution is -0.139. The lowest BCUT2D eigenvalue weighted by Crippen LogP contribution is -2.52. The van der Waals surface area contributed by atoms with Crippen LogP contribution in [0, 0.1) is 29.1 Å². The van der Waals surface area contributed by atoms with Gasteiger partial charge in [-0.05, 0) is 42.9 Å². The molecule has 0 spiro atoms. The smallest absolute Gasteiger partial charge is 0.334 e. The number of rotatable bonds is 2. The number of esters is 2. The summed E-state index contributed by atoms with van der Waals surface area (Å²) in [6.07, 6.45) is 4.43. The van der Waals surface area contributed by atoms with Crippen LogP contribution in [0.3, 0.4) is 0 Å². The van der Waals surface area contributed by atoms with Gasteiger partial charge >= 0.3 is 11.9 Å². The highest BCUT2D eigenvalue weighted by atomic mass is 16.6. The molecule has 130 valence electrons. The number of carbonyl (C=O) groups excluding carboxylic acids is 2. The number of carbonyl (C=O) groups is 2. The first-order chi connectivity index (χ1) is 11.3. The highest BCUT2D eigenvalue weighted by Crippen LogP contribution is 2.83. The maximum absolute atomic E-state index is 12.7. The van der Waals surface area contributed by atoms with E-state index in [2.05, 4.69) is 13.8 Å². The van der Waals surface area contributed by atoms with Crippen LogP contribution in [-0.4, -0.2) is 37.4 Å².